The Kier molecular flexibility index (Phi) is 6.09. The predicted octanol–water partition coefficient (Wildman–Crippen LogP) is 2.31. The Morgan fingerprint density at radius 3 is 2.78 bits per heavy atom. The molecular formula is C20H27F2N3O2. The van der Waals surface area contributed by atoms with E-state index in [2.05, 4.69) is 10.2 Å². The molecule has 1 atom stereocenters. The van der Waals surface area contributed by atoms with E-state index in [0.717, 1.165) is 37.9 Å². The maximum atomic E-state index is 13.5. The third-order valence-corrected chi connectivity index (χ3v) is 5.64. The molecule has 0 unspecified atom stereocenters. The fourth-order valence-corrected chi connectivity index (χ4v) is 4.23. The van der Waals surface area contributed by atoms with Gasteiger partial charge < -0.3 is 15.1 Å². The summed E-state index contributed by atoms with van der Waals surface area (Å²) < 4.78 is 26.6. The third kappa shape index (κ3) is 4.46. The van der Waals surface area contributed by atoms with Crippen LogP contribution in [0.3, 0.4) is 0 Å². The zero-order chi connectivity index (χ0) is 19.4. The van der Waals surface area contributed by atoms with Crippen LogP contribution in [0.25, 0.3) is 0 Å². The van der Waals surface area contributed by atoms with Gasteiger partial charge in [0.2, 0.25) is 11.8 Å². The molecule has 0 saturated carbocycles. The second kappa shape index (κ2) is 8.33. The summed E-state index contributed by atoms with van der Waals surface area (Å²) in [5, 5.41) is 2.79. The van der Waals surface area contributed by atoms with Crippen LogP contribution in [0.2, 0.25) is 0 Å². The molecule has 0 aliphatic carbocycles. The first kappa shape index (κ1) is 19.7. The lowest BCUT2D eigenvalue weighted by Gasteiger charge is -2.39. The van der Waals surface area contributed by atoms with E-state index in [1.54, 1.807) is 4.90 Å². The van der Waals surface area contributed by atoms with Crippen molar-refractivity contribution in [2.24, 2.45) is 5.41 Å². The van der Waals surface area contributed by atoms with Crippen LogP contribution in [0.4, 0.5) is 8.78 Å². The van der Waals surface area contributed by atoms with Gasteiger partial charge in [-0.2, -0.15) is 0 Å². The highest BCUT2D eigenvalue weighted by molar-refractivity contribution is 5.84. The van der Waals surface area contributed by atoms with Crippen molar-refractivity contribution in [2.75, 3.05) is 32.7 Å². The lowest BCUT2D eigenvalue weighted by Crippen LogP contribution is -2.49. The normalized spacial score (nSPS) is 23.2. The fraction of sp³-hybridized carbons (Fsp3) is 0.600. The van der Waals surface area contributed by atoms with E-state index >= 15 is 0 Å². The molecule has 1 N–H and O–H groups in total. The summed E-state index contributed by atoms with van der Waals surface area (Å²) in [6, 6.07) is 3.80. The van der Waals surface area contributed by atoms with Gasteiger partial charge in [-0.05, 0) is 50.4 Å². The minimum Gasteiger partial charge on any atom is -0.356 e. The summed E-state index contributed by atoms with van der Waals surface area (Å²) in [6.45, 7) is 5.59. The van der Waals surface area contributed by atoms with E-state index in [0.29, 0.717) is 44.7 Å². The van der Waals surface area contributed by atoms with Crippen molar-refractivity contribution < 1.29 is 18.4 Å². The maximum Gasteiger partial charge on any atom is 0.230 e. The number of hydrogen-bond acceptors (Lipinski definition) is 3. The number of piperidine rings is 1. The molecule has 148 valence electrons. The number of carbonyl (C=O) groups excluding carboxylic acids is 2. The molecular weight excluding hydrogens is 352 g/mol. The van der Waals surface area contributed by atoms with Crippen molar-refractivity contribution in [3.63, 3.8) is 0 Å². The fourth-order valence-electron chi connectivity index (χ4n) is 4.23. The van der Waals surface area contributed by atoms with Gasteiger partial charge in [0.25, 0.3) is 0 Å². The molecule has 1 aromatic rings. The van der Waals surface area contributed by atoms with Gasteiger partial charge >= 0.3 is 0 Å². The zero-order valence-corrected chi connectivity index (χ0v) is 15.8. The van der Waals surface area contributed by atoms with Gasteiger partial charge in [0.05, 0.1) is 5.41 Å². The first-order chi connectivity index (χ1) is 12.9. The summed E-state index contributed by atoms with van der Waals surface area (Å²) in [5.74, 6) is -1.63. The molecule has 2 saturated heterocycles. The molecule has 1 aromatic carbocycles. The summed E-state index contributed by atoms with van der Waals surface area (Å²) in [4.78, 5) is 28.8. The first-order valence-corrected chi connectivity index (χ1v) is 9.66. The average Bonchev–Trinajstić information content (AvgIpc) is 3.05. The number of nitrogens with zero attached hydrogens (tertiary/aromatic N) is 2. The minimum absolute atomic E-state index is 0.0355. The van der Waals surface area contributed by atoms with Crippen molar-refractivity contribution >= 4 is 11.8 Å². The van der Waals surface area contributed by atoms with E-state index in [4.69, 9.17) is 0 Å². The van der Waals surface area contributed by atoms with Gasteiger partial charge in [0.1, 0.15) is 0 Å². The van der Waals surface area contributed by atoms with Crippen LogP contribution < -0.4 is 5.32 Å². The molecule has 7 heteroatoms. The van der Waals surface area contributed by atoms with Gasteiger partial charge in [-0.25, -0.2) is 8.78 Å². The highest BCUT2D eigenvalue weighted by Crippen LogP contribution is 2.40. The lowest BCUT2D eigenvalue weighted by molar-refractivity contribution is -0.146. The first-order valence-electron chi connectivity index (χ1n) is 9.66. The van der Waals surface area contributed by atoms with E-state index in [1.807, 2.05) is 6.92 Å². The van der Waals surface area contributed by atoms with Crippen LogP contribution in [-0.2, 0) is 16.1 Å². The monoisotopic (exact) mass is 379 g/mol. The molecule has 2 aliphatic heterocycles. The van der Waals surface area contributed by atoms with E-state index in [9.17, 15) is 18.4 Å². The van der Waals surface area contributed by atoms with Crippen molar-refractivity contribution in [2.45, 2.75) is 39.2 Å². The molecule has 0 aromatic heterocycles. The van der Waals surface area contributed by atoms with Gasteiger partial charge in [-0.3, -0.25) is 9.59 Å². The Morgan fingerprint density at radius 2 is 2.04 bits per heavy atom. The molecule has 2 fully saturated rings. The molecule has 0 bridgehead atoms. The molecule has 1 spiro atoms. The van der Waals surface area contributed by atoms with Crippen molar-refractivity contribution in [1.82, 2.24) is 15.1 Å². The van der Waals surface area contributed by atoms with Gasteiger partial charge in [0, 0.05) is 39.1 Å². The van der Waals surface area contributed by atoms with Gasteiger partial charge in [0.15, 0.2) is 11.6 Å². The second-order valence-electron chi connectivity index (χ2n) is 7.59. The minimum atomic E-state index is -0.885. The highest BCUT2D eigenvalue weighted by atomic mass is 19.2. The third-order valence-electron chi connectivity index (χ3n) is 5.64. The lowest BCUT2D eigenvalue weighted by atomic mass is 9.78. The summed E-state index contributed by atoms with van der Waals surface area (Å²) in [6.07, 6.45) is 2.98. The topological polar surface area (TPSA) is 52.7 Å². The van der Waals surface area contributed by atoms with E-state index < -0.39 is 17.0 Å². The van der Waals surface area contributed by atoms with Gasteiger partial charge in [-0.1, -0.05) is 6.07 Å². The van der Waals surface area contributed by atoms with Crippen LogP contribution >= 0.6 is 0 Å². The largest absolute Gasteiger partial charge is 0.356 e. The summed E-state index contributed by atoms with van der Waals surface area (Å²) in [5.41, 5.74) is 0.198. The number of rotatable bonds is 6. The molecule has 2 heterocycles. The Bertz CT molecular complexity index is 712. The van der Waals surface area contributed by atoms with Crippen LogP contribution in [0, 0.1) is 17.0 Å². The predicted molar refractivity (Wildman–Crippen MR) is 97.8 cm³/mol. The van der Waals surface area contributed by atoms with E-state index in [-0.39, 0.29) is 11.8 Å². The number of amides is 2. The summed E-state index contributed by atoms with van der Waals surface area (Å²) in [7, 11) is 0. The maximum absolute atomic E-state index is 13.5. The smallest absolute Gasteiger partial charge is 0.230 e. The quantitative estimate of drug-likeness (QED) is 0.825. The molecule has 5 nitrogen and oxygen atoms in total. The molecule has 0 radical (unpaired) electrons. The van der Waals surface area contributed by atoms with Gasteiger partial charge in [-0.15, -0.1) is 0 Å². The van der Waals surface area contributed by atoms with Crippen LogP contribution in [-0.4, -0.2) is 54.3 Å². The Morgan fingerprint density at radius 1 is 1.22 bits per heavy atom. The number of halogens is 2. The second-order valence-corrected chi connectivity index (χ2v) is 7.59. The Labute approximate surface area is 158 Å². The molecule has 3 rings (SSSR count). The molecule has 2 amide bonds. The highest BCUT2D eigenvalue weighted by Gasteiger charge is 2.48. The molecule has 2 aliphatic rings. The Balaban J connectivity index is 1.61. The number of likely N-dealkylation sites (tertiary alicyclic amines) is 2. The van der Waals surface area contributed by atoms with E-state index in [1.165, 1.54) is 6.07 Å². The number of hydrogen-bond donors (Lipinski definition) is 1. The number of benzene rings is 1. The van der Waals surface area contributed by atoms with Crippen molar-refractivity contribution in [3.8, 4) is 0 Å². The number of carbonyl (C=O) groups is 2. The van der Waals surface area contributed by atoms with Crippen LogP contribution in [0.1, 0.15) is 38.2 Å². The van der Waals surface area contributed by atoms with Crippen molar-refractivity contribution in [1.29, 1.82) is 0 Å². The average molecular weight is 379 g/mol. The number of nitrogens with one attached hydrogen (secondary N) is 1. The zero-order valence-electron chi connectivity index (χ0n) is 15.8. The SMILES string of the molecule is CCNC(=O)CCN1CC[C@]2(CCCN(Cc3ccc(F)c(F)c3)C2=O)C1. The molecule has 27 heavy (non-hydrogen) atoms. The van der Waals surface area contributed by atoms with Crippen LogP contribution in [0.15, 0.2) is 18.2 Å². The standard InChI is InChI=1S/C20H27F2N3O2/c1-2-23-18(26)6-10-24-11-8-20(14-24)7-3-9-25(19(20)27)13-15-4-5-16(21)17(22)12-15/h4-5,12H,2-3,6-11,13-14H2,1H3,(H,23,26)/t20-/m1/s1. The Hall–Kier alpha value is -2.02. The van der Waals surface area contributed by atoms with Crippen molar-refractivity contribution in [3.05, 3.63) is 35.4 Å². The summed E-state index contributed by atoms with van der Waals surface area (Å²) >= 11 is 0. The van der Waals surface area contributed by atoms with Crippen LogP contribution in [0.5, 0.6) is 0 Å².